The molecule has 2 aromatic rings. The van der Waals surface area contributed by atoms with E-state index in [0.29, 0.717) is 5.56 Å². The smallest absolute Gasteiger partial charge is 0.354 e. The third kappa shape index (κ3) is 4.03. The Morgan fingerprint density at radius 2 is 1.75 bits per heavy atom. The highest BCUT2D eigenvalue weighted by Gasteiger charge is 2.38. The maximum absolute atomic E-state index is 12.2. The summed E-state index contributed by atoms with van der Waals surface area (Å²) in [7, 11) is 0. The molecule has 2 aromatic carbocycles. The van der Waals surface area contributed by atoms with E-state index in [4.69, 9.17) is 14.2 Å². The molecule has 0 radical (unpaired) electrons. The lowest BCUT2D eigenvalue weighted by Crippen LogP contribution is -2.46. The molecule has 0 aliphatic carbocycles. The molecule has 1 fully saturated rings. The molecule has 0 bridgehead atoms. The predicted octanol–water partition coefficient (Wildman–Crippen LogP) is 2.90. The van der Waals surface area contributed by atoms with Crippen LogP contribution < -0.4 is 5.32 Å². The first-order valence-electron chi connectivity index (χ1n) is 8.98. The summed E-state index contributed by atoms with van der Waals surface area (Å²) in [5, 5.41) is 2.82. The van der Waals surface area contributed by atoms with Crippen molar-refractivity contribution in [1.82, 2.24) is 5.32 Å². The summed E-state index contributed by atoms with van der Waals surface area (Å²) in [5.74, 6) is -0.675. The van der Waals surface area contributed by atoms with Gasteiger partial charge in [-0.2, -0.15) is 0 Å². The fourth-order valence-electron chi connectivity index (χ4n) is 3.03. The molecule has 4 rings (SSSR count). The van der Waals surface area contributed by atoms with E-state index in [-0.39, 0.29) is 18.1 Å². The van der Waals surface area contributed by atoms with Crippen LogP contribution in [-0.4, -0.2) is 30.6 Å². The maximum atomic E-state index is 12.2. The Morgan fingerprint density at radius 1 is 1.04 bits per heavy atom. The third-order valence-corrected chi connectivity index (χ3v) is 4.47. The quantitative estimate of drug-likeness (QED) is 0.491. The number of hydrogen-bond acceptors (Lipinski definition) is 6. The van der Waals surface area contributed by atoms with Gasteiger partial charge in [-0.3, -0.25) is 4.79 Å². The maximum Gasteiger partial charge on any atom is 0.354 e. The second kappa shape index (κ2) is 8.21. The van der Waals surface area contributed by atoms with Crippen molar-refractivity contribution in [2.24, 2.45) is 0 Å². The van der Waals surface area contributed by atoms with Gasteiger partial charge in [0.15, 0.2) is 18.2 Å². The van der Waals surface area contributed by atoms with E-state index >= 15 is 0 Å². The number of nitrogens with one attached hydrogen (secondary N) is 1. The first kappa shape index (κ1) is 18.2. The van der Waals surface area contributed by atoms with Crippen LogP contribution in [0.15, 0.2) is 84.7 Å². The molecule has 2 aliphatic rings. The van der Waals surface area contributed by atoms with Gasteiger partial charge < -0.3 is 19.5 Å². The van der Waals surface area contributed by atoms with Crippen LogP contribution in [0.5, 0.6) is 0 Å². The number of carbonyl (C=O) groups is 2. The fraction of sp³-hybridized carbons (Fsp3) is 0.182. The van der Waals surface area contributed by atoms with Crippen LogP contribution >= 0.6 is 0 Å². The highest BCUT2D eigenvalue weighted by atomic mass is 16.7. The van der Waals surface area contributed by atoms with Gasteiger partial charge in [-0.05, 0) is 6.08 Å². The summed E-state index contributed by atoms with van der Waals surface area (Å²) in [4.78, 5) is 24.3. The first-order chi connectivity index (χ1) is 13.7. The molecule has 1 saturated heterocycles. The highest BCUT2D eigenvalue weighted by Crippen LogP contribution is 2.30. The minimum atomic E-state index is -0.521. The molecular formula is C22H19NO5. The molecule has 28 heavy (non-hydrogen) atoms. The third-order valence-electron chi connectivity index (χ3n) is 4.47. The number of ketones is 1. The highest BCUT2D eigenvalue weighted by molar-refractivity contribution is 6.04. The Bertz CT molecular complexity index is 907. The molecule has 6 nitrogen and oxygen atoms in total. The van der Waals surface area contributed by atoms with Gasteiger partial charge in [0.25, 0.3) is 0 Å². The summed E-state index contributed by atoms with van der Waals surface area (Å²) in [5.41, 5.74) is 1.69. The van der Waals surface area contributed by atoms with E-state index in [2.05, 4.69) is 5.32 Å². The fourth-order valence-corrected chi connectivity index (χ4v) is 3.03. The molecule has 2 heterocycles. The van der Waals surface area contributed by atoms with Crippen LogP contribution in [0.4, 0.5) is 0 Å². The standard InChI is InChI=1S/C22H19NO5/c24-18(15-7-3-1-4-8-15)11-12-23-17-13-19-20(27-21(17)25)14-26-22(28-19)16-9-5-2-6-10-16/h1-13,19-20,22-23H,14H2/b12-11+/t19-,20+,22-/m0/s1. The molecule has 6 heteroatoms. The van der Waals surface area contributed by atoms with Crippen LogP contribution in [0.25, 0.3) is 0 Å². The van der Waals surface area contributed by atoms with Crippen molar-refractivity contribution >= 4 is 11.8 Å². The van der Waals surface area contributed by atoms with Crippen molar-refractivity contribution in [1.29, 1.82) is 0 Å². The lowest BCUT2D eigenvalue weighted by Gasteiger charge is -2.37. The summed E-state index contributed by atoms with van der Waals surface area (Å²) in [6.07, 6.45) is 3.02. The molecule has 1 N–H and O–H groups in total. The monoisotopic (exact) mass is 377 g/mol. The Kier molecular flexibility index (Phi) is 5.32. The largest absolute Gasteiger partial charge is 0.452 e. The van der Waals surface area contributed by atoms with Gasteiger partial charge in [-0.1, -0.05) is 60.7 Å². The topological polar surface area (TPSA) is 73.9 Å². The summed E-state index contributed by atoms with van der Waals surface area (Å²) in [6.45, 7) is 0.252. The zero-order chi connectivity index (χ0) is 19.3. The molecular weight excluding hydrogens is 358 g/mol. The minimum Gasteiger partial charge on any atom is -0.452 e. The van der Waals surface area contributed by atoms with E-state index in [1.807, 2.05) is 36.4 Å². The number of hydrogen-bond donors (Lipinski definition) is 1. The minimum absolute atomic E-state index is 0.165. The zero-order valence-electron chi connectivity index (χ0n) is 15.0. The Hall–Kier alpha value is -3.22. The SMILES string of the molecule is O=C1O[C@@H]2CO[C@H](c3ccccc3)O[C@H]2C=C1N/C=C/C(=O)c1ccccc1. The van der Waals surface area contributed by atoms with E-state index < -0.39 is 24.5 Å². The lowest BCUT2D eigenvalue weighted by molar-refractivity contribution is -0.252. The van der Waals surface area contributed by atoms with Crippen molar-refractivity contribution in [3.8, 4) is 0 Å². The molecule has 0 amide bonds. The lowest BCUT2D eigenvalue weighted by atomic mass is 10.1. The molecule has 2 aliphatic heterocycles. The van der Waals surface area contributed by atoms with Gasteiger partial charge in [0, 0.05) is 23.4 Å². The van der Waals surface area contributed by atoms with E-state index in [1.165, 1.54) is 12.3 Å². The van der Waals surface area contributed by atoms with Gasteiger partial charge in [0.1, 0.15) is 11.8 Å². The number of allylic oxidation sites excluding steroid dienone is 1. The molecule has 0 unspecified atom stereocenters. The van der Waals surface area contributed by atoms with Crippen LogP contribution in [-0.2, 0) is 19.0 Å². The zero-order valence-corrected chi connectivity index (χ0v) is 15.0. The number of benzene rings is 2. The average Bonchev–Trinajstić information content (AvgIpc) is 2.75. The Morgan fingerprint density at radius 3 is 2.50 bits per heavy atom. The molecule has 3 atom stereocenters. The van der Waals surface area contributed by atoms with Gasteiger partial charge in [-0.25, -0.2) is 4.79 Å². The molecule has 142 valence electrons. The van der Waals surface area contributed by atoms with Crippen LogP contribution in [0.2, 0.25) is 0 Å². The number of rotatable bonds is 5. The number of esters is 1. The average molecular weight is 377 g/mol. The Balaban J connectivity index is 1.43. The van der Waals surface area contributed by atoms with Crippen molar-refractivity contribution in [2.45, 2.75) is 18.5 Å². The predicted molar refractivity (Wildman–Crippen MR) is 101 cm³/mol. The van der Waals surface area contributed by atoms with Crippen molar-refractivity contribution in [3.05, 3.63) is 95.8 Å². The first-order valence-corrected chi connectivity index (χ1v) is 8.98. The molecule has 0 spiro atoms. The van der Waals surface area contributed by atoms with Gasteiger partial charge >= 0.3 is 5.97 Å². The van der Waals surface area contributed by atoms with E-state index in [1.54, 1.807) is 30.3 Å². The van der Waals surface area contributed by atoms with Crippen LogP contribution in [0, 0.1) is 0 Å². The second-order valence-electron chi connectivity index (χ2n) is 6.41. The summed E-state index contributed by atoms with van der Waals surface area (Å²) < 4.78 is 17.0. The Labute approximate surface area is 162 Å². The number of ether oxygens (including phenoxy) is 3. The normalized spacial score (nSPS) is 24.2. The van der Waals surface area contributed by atoms with Crippen LogP contribution in [0.1, 0.15) is 22.2 Å². The summed E-state index contributed by atoms with van der Waals surface area (Å²) >= 11 is 0. The summed E-state index contributed by atoms with van der Waals surface area (Å²) in [6, 6.07) is 18.5. The van der Waals surface area contributed by atoms with Crippen molar-refractivity contribution < 1.29 is 23.8 Å². The van der Waals surface area contributed by atoms with Crippen LogP contribution in [0.3, 0.4) is 0 Å². The van der Waals surface area contributed by atoms with Crippen molar-refractivity contribution in [2.75, 3.05) is 6.61 Å². The van der Waals surface area contributed by atoms with E-state index in [0.717, 1.165) is 5.56 Å². The second-order valence-corrected chi connectivity index (χ2v) is 6.41. The van der Waals surface area contributed by atoms with Gasteiger partial charge in [0.05, 0.1) is 6.61 Å². The van der Waals surface area contributed by atoms with Gasteiger partial charge in [0.2, 0.25) is 0 Å². The molecule has 0 aromatic heterocycles. The number of carbonyl (C=O) groups excluding carboxylic acids is 2. The number of fused-ring (bicyclic) bond motifs is 1. The van der Waals surface area contributed by atoms with E-state index in [9.17, 15) is 9.59 Å². The van der Waals surface area contributed by atoms with Gasteiger partial charge in [-0.15, -0.1) is 0 Å². The van der Waals surface area contributed by atoms with Crippen molar-refractivity contribution in [3.63, 3.8) is 0 Å². The molecule has 0 saturated carbocycles.